The van der Waals surface area contributed by atoms with Crippen LogP contribution in [-0.4, -0.2) is 28.7 Å². The van der Waals surface area contributed by atoms with Gasteiger partial charge in [-0.1, -0.05) is 19.0 Å². The number of amides is 2. The highest BCUT2D eigenvalue weighted by molar-refractivity contribution is 5.75. The normalized spacial score (nSPS) is 20.2. The predicted octanol–water partition coefficient (Wildman–Crippen LogP) is 3.19. The van der Waals surface area contributed by atoms with E-state index in [1.165, 1.54) is 0 Å². The molecule has 0 bridgehead atoms. The van der Waals surface area contributed by atoms with Gasteiger partial charge in [0.05, 0.1) is 11.7 Å². The maximum absolute atomic E-state index is 12.4. The molecule has 5 nitrogen and oxygen atoms in total. The first-order valence-electron chi connectivity index (χ1n) is 7.60. The number of carbonyl (C=O) groups is 1. The molecule has 1 saturated heterocycles. The molecule has 1 aromatic rings. The van der Waals surface area contributed by atoms with Gasteiger partial charge in [-0.2, -0.15) is 0 Å². The van der Waals surface area contributed by atoms with E-state index in [9.17, 15) is 4.79 Å². The van der Waals surface area contributed by atoms with Gasteiger partial charge in [-0.05, 0) is 33.1 Å². The zero-order valence-electron chi connectivity index (χ0n) is 12.9. The van der Waals surface area contributed by atoms with Crippen molar-refractivity contribution >= 4 is 6.03 Å². The fourth-order valence-electron chi connectivity index (χ4n) is 2.81. The van der Waals surface area contributed by atoms with Crippen LogP contribution in [0.1, 0.15) is 63.1 Å². The maximum atomic E-state index is 12.4. The lowest BCUT2D eigenvalue weighted by atomic mass is 10.0. The van der Waals surface area contributed by atoms with Gasteiger partial charge in [0, 0.05) is 24.6 Å². The molecule has 2 atom stereocenters. The number of hydrogen-bond acceptors (Lipinski definition) is 3. The second kappa shape index (κ2) is 6.29. The Labute approximate surface area is 120 Å². The van der Waals surface area contributed by atoms with Crippen molar-refractivity contribution in [2.24, 2.45) is 0 Å². The molecule has 1 aliphatic heterocycles. The van der Waals surface area contributed by atoms with Crippen LogP contribution < -0.4 is 5.32 Å². The van der Waals surface area contributed by atoms with Crippen molar-refractivity contribution in [3.8, 4) is 0 Å². The summed E-state index contributed by atoms with van der Waals surface area (Å²) in [5, 5.41) is 7.13. The minimum atomic E-state index is 0.0319. The first-order valence-corrected chi connectivity index (χ1v) is 7.60. The summed E-state index contributed by atoms with van der Waals surface area (Å²) in [7, 11) is 0. The summed E-state index contributed by atoms with van der Waals surface area (Å²) >= 11 is 0. The molecule has 2 amide bonds. The summed E-state index contributed by atoms with van der Waals surface area (Å²) in [5.41, 5.74) is 2.03. The van der Waals surface area contributed by atoms with Crippen LogP contribution in [0.25, 0.3) is 0 Å². The highest BCUT2D eigenvalue weighted by Crippen LogP contribution is 2.35. The smallest absolute Gasteiger partial charge is 0.318 e. The van der Waals surface area contributed by atoms with Crippen molar-refractivity contribution in [2.75, 3.05) is 6.54 Å². The molecular weight excluding hydrogens is 254 g/mol. The summed E-state index contributed by atoms with van der Waals surface area (Å²) in [6.07, 6.45) is 3.78. The van der Waals surface area contributed by atoms with Crippen LogP contribution in [0, 0.1) is 6.92 Å². The molecule has 0 aliphatic carbocycles. The largest absolute Gasteiger partial charge is 0.361 e. The molecular formula is C15H25N3O2. The van der Waals surface area contributed by atoms with E-state index in [1.54, 1.807) is 0 Å². The lowest BCUT2D eigenvalue weighted by Crippen LogP contribution is -2.43. The SMILES string of the molecule is CCc1onc(C)c1C1CCCN1C(=O)NC(C)CC. The van der Waals surface area contributed by atoms with Gasteiger partial charge in [-0.25, -0.2) is 4.79 Å². The predicted molar refractivity (Wildman–Crippen MR) is 77.6 cm³/mol. The van der Waals surface area contributed by atoms with E-state index in [0.717, 1.165) is 49.2 Å². The highest BCUT2D eigenvalue weighted by atomic mass is 16.5. The molecule has 5 heteroatoms. The Kier molecular flexibility index (Phi) is 4.68. The van der Waals surface area contributed by atoms with E-state index >= 15 is 0 Å². The standard InChI is InChI=1S/C15H25N3O2/c1-5-10(3)16-15(19)18-9-7-8-12(18)14-11(4)17-20-13(14)6-2/h10,12H,5-9H2,1-4H3,(H,16,19). The van der Waals surface area contributed by atoms with Crippen molar-refractivity contribution in [3.05, 3.63) is 17.0 Å². The van der Waals surface area contributed by atoms with E-state index in [4.69, 9.17) is 4.52 Å². The fraction of sp³-hybridized carbons (Fsp3) is 0.733. The van der Waals surface area contributed by atoms with Crippen molar-refractivity contribution in [3.63, 3.8) is 0 Å². The Hall–Kier alpha value is -1.52. The van der Waals surface area contributed by atoms with Gasteiger partial charge in [0.25, 0.3) is 0 Å². The number of nitrogens with one attached hydrogen (secondary N) is 1. The van der Waals surface area contributed by atoms with Gasteiger partial charge in [0.15, 0.2) is 0 Å². The van der Waals surface area contributed by atoms with E-state index < -0.39 is 0 Å². The monoisotopic (exact) mass is 279 g/mol. The van der Waals surface area contributed by atoms with Gasteiger partial charge in [0.2, 0.25) is 0 Å². The topological polar surface area (TPSA) is 58.4 Å². The summed E-state index contributed by atoms with van der Waals surface area (Å²) < 4.78 is 5.38. The number of urea groups is 1. The third-order valence-electron chi connectivity index (χ3n) is 4.13. The van der Waals surface area contributed by atoms with Crippen molar-refractivity contribution < 1.29 is 9.32 Å². The van der Waals surface area contributed by atoms with Crippen LogP contribution in [-0.2, 0) is 6.42 Å². The Morgan fingerprint density at radius 1 is 1.55 bits per heavy atom. The molecule has 1 fully saturated rings. The van der Waals surface area contributed by atoms with Crippen molar-refractivity contribution in [1.82, 2.24) is 15.4 Å². The quantitative estimate of drug-likeness (QED) is 0.920. The Bertz CT molecular complexity index is 470. The molecule has 2 heterocycles. The van der Waals surface area contributed by atoms with Crippen LogP contribution >= 0.6 is 0 Å². The highest BCUT2D eigenvalue weighted by Gasteiger charge is 2.34. The minimum absolute atomic E-state index is 0.0319. The van der Waals surface area contributed by atoms with Gasteiger partial charge in [0.1, 0.15) is 5.76 Å². The third kappa shape index (κ3) is 2.81. The maximum Gasteiger partial charge on any atom is 0.318 e. The molecule has 112 valence electrons. The minimum Gasteiger partial charge on any atom is -0.361 e. The first kappa shape index (κ1) is 14.9. The van der Waals surface area contributed by atoms with Gasteiger partial charge in [-0.15, -0.1) is 0 Å². The number of likely N-dealkylation sites (tertiary alicyclic amines) is 1. The zero-order chi connectivity index (χ0) is 14.7. The lowest BCUT2D eigenvalue weighted by Gasteiger charge is -2.26. The van der Waals surface area contributed by atoms with Crippen LogP contribution in [0.15, 0.2) is 4.52 Å². The molecule has 1 aromatic heterocycles. The molecule has 20 heavy (non-hydrogen) atoms. The van der Waals surface area contributed by atoms with Crippen LogP contribution in [0.5, 0.6) is 0 Å². The average molecular weight is 279 g/mol. The summed E-state index contributed by atoms with van der Waals surface area (Å²) in [5.74, 6) is 0.913. The van der Waals surface area contributed by atoms with Crippen molar-refractivity contribution in [2.45, 2.75) is 65.5 Å². The second-order valence-corrected chi connectivity index (χ2v) is 5.57. The lowest BCUT2D eigenvalue weighted by molar-refractivity contribution is 0.189. The Morgan fingerprint density at radius 2 is 2.30 bits per heavy atom. The molecule has 0 saturated carbocycles. The van der Waals surface area contributed by atoms with Crippen LogP contribution in [0.4, 0.5) is 4.79 Å². The number of carbonyl (C=O) groups excluding carboxylic acids is 1. The number of rotatable bonds is 4. The molecule has 0 aromatic carbocycles. The van der Waals surface area contributed by atoms with Crippen molar-refractivity contribution in [1.29, 1.82) is 0 Å². The molecule has 2 rings (SSSR count). The van der Waals surface area contributed by atoms with Crippen LogP contribution in [0.3, 0.4) is 0 Å². The van der Waals surface area contributed by atoms with Gasteiger partial charge in [-0.3, -0.25) is 0 Å². The average Bonchev–Trinajstić information content (AvgIpc) is 3.03. The number of aryl methyl sites for hydroxylation is 2. The third-order valence-corrected chi connectivity index (χ3v) is 4.13. The molecule has 0 radical (unpaired) electrons. The molecule has 1 aliphatic rings. The van der Waals surface area contributed by atoms with Crippen LogP contribution in [0.2, 0.25) is 0 Å². The summed E-state index contributed by atoms with van der Waals surface area (Å²) in [6.45, 7) is 8.93. The van der Waals surface area contributed by atoms with E-state index in [-0.39, 0.29) is 18.1 Å². The molecule has 2 unspecified atom stereocenters. The first-order chi connectivity index (χ1) is 9.58. The summed E-state index contributed by atoms with van der Waals surface area (Å²) in [4.78, 5) is 14.3. The second-order valence-electron chi connectivity index (χ2n) is 5.57. The fourth-order valence-corrected chi connectivity index (χ4v) is 2.81. The van der Waals surface area contributed by atoms with Gasteiger partial charge >= 0.3 is 6.03 Å². The number of aromatic nitrogens is 1. The molecule has 1 N–H and O–H groups in total. The zero-order valence-corrected chi connectivity index (χ0v) is 12.9. The number of hydrogen-bond donors (Lipinski definition) is 1. The van der Waals surface area contributed by atoms with E-state index in [1.807, 2.05) is 18.7 Å². The number of nitrogens with zero attached hydrogens (tertiary/aromatic N) is 2. The Balaban J connectivity index is 2.18. The van der Waals surface area contributed by atoms with E-state index in [0.29, 0.717) is 0 Å². The van der Waals surface area contributed by atoms with Gasteiger partial charge < -0.3 is 14.7 Å². The van der Waals surface area contributed by atoms with E-state index in [2.05, 4.69) is 24.3 Å². The molecule has 0 spiro atoms. The summed E-state index contributed by atoms with van der Waals surface area (Å²) in [6, 6.07) is 0.350. The Morgan fingerprint density at radius 3 is 2.95 bits per heavy atom.